The number of imide groups is 1. The van der Waals surface area contributed by atoms with Crippen molar-refractivity contribution >= 4 is 29.4 Å². The summed E-state index contributed by atoms with van der Waals surface area (Å²) in [7, 11) is 1.48. The number of esters is 1. The highest BCUT2D eigenvalue weighted by Gasteiger charge is 2.46. The van der Waals surface area contributed by atoms with Gasteiger partial charge in [0.2, 0.25) is 11.8 Å². The van der Waals surface area contributed by atoms with Crippen molar-refractivity contribution in [2.75, 3.05) is 25.6 Å². The first-order valence-electron chi connectivity index (χ1n) is 9.10. The van der Waals surface area contributed by atoms with Gasteiger partial charge in [0, 0.05) is 6.54 Å². The summed E-state index contributed by atoms with van der Waals surface area (Å²) in [6, 6.07) is 6.86. The average Bonchev–Trinajstić information content (AvgIpc) is 2.95. The van der Waals surface area contributed by atoms with E-state index in [2.05, 4.69) is 5.32 Å². The molecule has 2 atom stereocenters. The molecule has 1 aromatic carbocycles. The number of benzene rings is 1. The molecule has 0 bridgehead atoms. The summed E-state index contributed by atoms with van der Waals surface area (Å²) >= 11 is 0. The van der Waals surface area contributed by atoms with Gasteiger partial charge in [-0.1, -0.05) is 24.3 Å². The summed E-state index contributed by atoms with van der Waals surface area (Å²) in [4.78, 5) is 49.7. The molecule has 8 nitrogen and oxygen atoms in total. The molecule has 0 spiro atoms. The predicted molar refractivity (Wildman–Crippen MR) is 99.3 cm³/mol. The van der Waals surface area contributed by atoms with Gasteiger partial charge in [-0.3, -0.25) is 24.1 Å². The first kappa shape index (κ1) is 19.6. The maximum atomic E-state index is 12.3. The molecule has 2 aliphatic rings. The van der Waals surface area contributed by atoms with Crippen molar-refractivity contribution in [1.29, 1.82) is 0 Å². The van der Waals surface area contributed by atoms with E-state index in [1.807, 2.05) is 12.2 Å². The summed E-state index contributed by atoms with van der Waals surface area (Å²) in [6.07, 6.45) is 4.78. The van der Waals surface area contributed by atoms with Crippen LogP contribution >= 0.6 is 0 Å². The molecule has 3 rings (SSSR count). The summed E-state index contributed by atoms with van der Waals surface area (Å²) < 4.78 is 10.1. The fourth-order valence-electron chi connectivity index (χ4n) is 3.44. The molecule has 1 N–H and O–H groups in total. The summed E-state index contributed by atoms with van der Waals surface area (Å²) in [5, 5.41) is 2.60. The first-order valence-corrected chi connectivity index (χ1v) is 9.10. The van der Waals surface area contributed by atoms with Crippen molar-refractivity contribution in [2.24, 2.45) is 11.8 Å². The number of anilines is 1. The van der Waals surface area contributed by atoms with Gasteiger partial charge in [0.15, 0.2) is 6.61 Å². The Morgan fingerprint density at radius 2 is 1.75 bits per heavy atom. The van der Waals surface area contributed by atoms with Gasteiger partial charge < -0.3 is 14.8 Å². The third-order valence-electron chi connectivity index (χ3n) is 4.88. The number of nitrogens with zero attached hydrogens (tertiary/aromatic N) is 1. The molecular formula is C20H22N2O6. The van der Waals surface area contributed by atoms with E-state index in [0.717, 1.165) is 4.90 Å². The third-order valence-corrected chi connectivity index (χ3v) is 4.88. The molecule has 1 saturated heterocycles. The van der Waals surface area contributed by atoms with Crippen LogP contribution in [0.25, 0.3) is 0 Å². The van der Waals surface area contributed by atoms with Crippen LogP contribution in [0.4, 0.5) is 5.69 Å². The van der Waals surface area contributed by atoms with E-state index in [1.54, 1.807) is 24.3 Å². The molecule has 3 amide bonds. The topological polar surface area (TPSA) is 102 Å². The molecule has 8 heteroatoms. The molecule has 1 aliphatic heterocycles. The molecular weight excluding hydrogens is 364 g/mol. The fraction of sp³-hybridized carbons (Fsp3) is 0.400. The van der Waals surface area contributed by atoms with Crippen molar-refractivity contribution in [3.8, 4) is 5.75 Å². The Bertz CT molecular complexity index is 793. The number of nitrogens with one attached hydrogen (secondary N) is 1. The van der Waals surface area contributed by atoms with E-state index in [1.165, 1.54) is 7.11 Å². The van der Waals surface area contributed by atoms with Crippen LogP contribution in [-0.4, -0.2) is 48.9 Å². The number of carbonyl (C=O) groups excluding carboxylic acids is 4. The van der Waals surface area contributed by atoms with E-state index in [9.17, 15) is 19.2 Å². The van der Waals surface area contributed by atoms with Crippen molar-refractivity contribution in [2.45, 2.75) is 19.3 Å². The molecule has 0 saturated carbocycles. The van der Waals surface area contributed by atoms with Gasteiger partial charge in [0.1, 0.15) is 5.75 Å². The fourth-order valence-corrected chi connectivity index (χ4v) is 3.44. The van der Waals surface area contributed by atoms with Crippen molar-refractivity contribution < 1.29 is 28.7 Å². The normalized spacial score (nSPS) is 20.7. The minimum absolute atomic E-state index is 0.0301. The predicted octanol–water partition coefficient (Wildman–Crippen LogP) is 1.52. The number of hydrogen-bond acceptors (Lipinski definition) is 6. The van der Waals surface area contributed by atoms with E-state index < -0.39 is 18.5 Å². The highest BCUT2D eigenvalue weighted by Crippen LogP contribution is 2.35. The Kier molecular flexibility index (Phi) is 6.08. The Morgan fingerprint density at radius 1 is 1.11 bits per heavy atom. The number of ether oxygens (including phenoxy) is 2. The Morgan fingerprint density at radius 3 is 2.39 bits per heavy atom. The van der Waals surface area contributed by atoms with Crippen LogP contribution in [0.2, 0.25) is 0 Å². The number of para-hydroxylation sites is 2. The molecule has 0 unspecified atom stereocenters. The van der Waals surface area contributed by atoms with Gasteiger partial charge in [0.05, 0.1) is 31.1 Å². The molecule has 0 radical (unpaired) electrons. The number of amides is 3. The summed E-state index contributed by atoms with van der Waals surface area (Å²) in [5.74, 6) is -1.78. The second-order valence-electron chi connectivity index (χ2n) is 6.64. The highest BCUT2D eigenvalue weighted by molar-refractivity contribution is 6.05. The standard InChI is InChI=1S/C20H22N2O6/c1-27-16-9-5-4-8-15(16)21-17(23)12-28-18(24)10-11-22-19(25)13-6-2-3-7-14(13)20(22)26/h2-5,8-9,13-14H,6-7,10-12H2,1H3,(H,21,23)/t13-,14+. The number of allylic oxidation sites excluding steroid dienone is 2. The third kappa shape index (κ3) is 4.21. The number of methoxy groups -OCH3 is 1. The molecule has 1 heterocycles. The first-order chi connectivity index (χ1) is 13.5. The lowest BCUT2D eigenvalue weighted by Crippen LogP contribution is -2.33. The highest BCUT2D eigenvalue weighted by atomic mass is 16.5. The average molecular weight is 386 g/mol. The lowest BCUT2D eigenvalue weighted by molar-refractivity contribution is -0.148. The maximum Gasteiger partial charge on any atom is 0.308 e. The Hall–Kier alpha value is -3.16. The van der Waals surface area contributed by atoms with Crippen LogP contribution in [0.15, 0.2) is 36.4 Å². The minimum atomic E-state index is -0.649. The zero-order valence-electron chi connectivity index (χ0n) is 15.6. The van der Waals surface area contributed by atoms with Crippen LogP contribution in [0.3, 0.4) is 0 Å². The van der Waals surface area contributed by atoms with Crippen LogP contribution < -0.4 is 10.1 Å². The number of hydrogen-bond donors (Lipinski definition) is 1. The molecule has 148 valence electrons. The molecule has 1 aromatic rings. The van der Waals surface area contributed by atoms with E-state index in [-0.39, 0.29) is 36.6 Å². The van der Waals surface area contributed by atoms with E-state index in [0.29, 0.717) is 24.3 Å². The monoisotopic (exact) mass is 386 g/mol. The maximum absolute atomic E-state index is 12.3. The minimum Gasteiger partial charge on any atom is -0.495 e. The van der Waals surface area contributed by atoms with E-state index >= 15 is 0 Å². The van der Waals surface area contributed by atoms with Gasteiger partial charge in [-0.2, -0.15) is 0 Å². The molecule has 0 aromatic heterocycles. The number of carbonyl (C=O) groups is 4. The number of likely N-dealkylation sites (tertiary alicyclic amines) is 1. The van der Waals surface area contributed by atoms with Crippen LogP contribution in [0.1, 0.15) is 19.3 Å². The number of rotatable bonds is 7. The largest absolute Gasteiger partial charge is 0.495 e. The van der Waals surface area contributed by atoms with Crippen LogP contribution in [0.5, 0.6) is 5.75 Å². The molecule has 1 fully saturated rings. The lowest BCUT2D eigenvalue weighted by Gasteiger charge is -2.14. The van der Waals surface area contributed by atoms with Gasteiger partial charge >= 0.3 is 5.97 Å². The Labute approximate surface area is 162 Å². The van der Waals surface area contributed by atoms with Gasteiger partial charge in [-0.05, 0) is 25.0 Å². The van der Waals surface area contributed by atoms with Crippen LogP contribution in [0, 0.1) is 11.8 Å². The summed E-state index contributed by atoms with van der Waals surface area (Å²) in [6.45, 7) is -0.494. The van der Waals surface area contributed by atoms with Gasteiger partial charge in [-0.15, -0.1) is 0 Å². The van der Waals surface area contributed by atoms with Gasteiger partial charge in [-0.25, -0.2) is 0 Å². The Balaban J connectivity index is 1.44. The second kappa shape index (κ2) is 8.69. The van der Waals surface area contributed by atoms with Crippen LogP contribution in [-0.2, 0) is 23.9 Å². The zero-order valence-corrected chi connectivity index (χ0v) is 15.6. The number of fused-ring (bicyclic) bond motifs is 1. The van der Waals surface area contributed by atoms with Crippen molar-refractivity contribution in [3.05, 3.63) is 36.4 Å². The smallest absolute Gasteiger partial charge is 0.308 e. The van der Waals surface area contributed by atoms with E-state index in [4.69, 9.17) is 9.47 Å². The zero-order chi connectivity index (χ0) is 20.1. The van der Waals surface area contributed by atoms with Crippen molar-refractivity contribution in [3.63, 3.8) is 0 Å². The second-order valence-corrected chi connectivity index (χ2v) is 6.64. The lowest BCUT2D eigenvalue weighted by atomic mass is 9.85. The van der Waals surface area contributed by atoms with Crippen molar-refractivity contribution in [1.82, 2.24) is 4.90 Å². The summed E-state index contributed by atoms with van der Waals surface area (Å²) in [5.41, 5.74) is 0.468. The molecule has 1 aliphatic carbocycles. The molecule has 28 heavy (non-hydrogen) atoms. The quantitative estimate of drug-likeness (QED) is 0.433. The van der Waals surface area contributed by atoms with Gasteiger partial charge in [0.25, 0.3) is 5.91 Å². The SMILES string of the molecule is COc1ccccc1NC(=O)COC(=O)CCN1C(=O)[C@H]2CC=CC[C@H]2C1=O.